The molecule has 0 amide bonds. The second-order valence-corrected chi connectivity index (χ2v) is 4.75. The van der Waals surface area contributed by atoms with Crippen LogP contribution in [0.4, 0.5) is 5.82 Å². The van der Waals surface area contributed by atoms with Crippen LogP contribution >= 0.6 is 0 Å². The van der Waals surface area contributed by atoms with E-state index in [9.17, 15) is 5.11 Å². The third-order valence-electron chi connectivity index (χ3n) is 3.21. The number of hydrogen-bond donors (Lipinski definition) is 1. The maximum Gasteiger partial charge on any atom is 0.136 e. The maximum absolute atomic E-state index is 9.38. The number of aliphatic hydroxyl groups excluding tert-OH is 1. The SMILES string of the molecule is COc1cccc2c(N(C)CCC(C)O)nccc12. The van der Waals surface area contributed by atoms with Crippen molar-refractivity contribution in [1.82, 2.24) is 4.98 Å². The van der Waals surface area contributed by atoms with Crippen molar-refractivity contribution in [3.8, 4) is 5.75 Å². The molecule has 4 nitrogen and oxygen atoms in total. The Labute approximate surface area is 113 Å². The number of fused-ring (bicyclic) bond motifs is 1. The lowest BCUT2D eigenvalue weighted by Crippen LogP contribution is -2.22. The highest BCUT2D eigenvalue weighted by atomic mass is 16.5. The van der Waals surface area contributed by atoms with Gasteiger partial charge >= 0.3 is 0 Å². The first kappa shape index (κ1) is 13.6. The van der Waals surface area contributed by atoms with Crippen molar-refractivity contribution in [3.05, 3.63) is 30.5 Å². The van der Waals surface area contributed by atoms with E-state index in [-0.39, 0.29) is 6.10 Å². The lowest BCUT2D eigenvalue weighted by Gasteiger charge is -2.21. The Bertz CT molecular complexity index is 555. The zero-order chi connectivity index (χ0) is 13.8. The number of anilines is 1. The number of methoxy groups -OCH3 is 1. The van der Waals surface area contributed by atoms with Gasteiger partial charge in [-0.15, -0.1) is 0 Å². The standard InChI is InChI=1S/C15H20N2O2/c1-11(18)8-10-17(2)15-13-5-4-6-14(19-3)12(13)7-9-16-15/h4-7,9,11,18H,8,10H2,1-3H3. The summed E-state index contributed by atoms with van der Waals surface area (Å²) in [6, 6.07) is 7.91. The lowest BCUT2D eigenvalue weighted by atomic mass is 10.1. The Morgan fingerprint density at radius 2 is 2.11 bits per heavy atom. The van der Waals surface area contributed by atoms with Crippen LogP contribution in [0, 0.1) is 0 Å². The number of benzene rings is 1. The van der Waals surface area contributed by atoms with Gasteiger partial charge in [0, 0.05) is 30.6 Å². The van der Waals surface area contributed by atoms with Crippen LogP contribution in [-0.4, -0.2) is 36.9 Å². The van der Waals surface area contributed by atoms with Gasteiger partial charge in [0.1, 0.15) is 11.6 Å². The molecule has 1 atom stereocenters. The summed E-state index contributed by atoms with van der Waals surface area (Å²) in [5.74, 6) is 1.77. The van der Waals surface area contributed by atoms with Gasteiger partial charge in [-0.1, -0.05) is 12.1 Å². The molecule has 0 spiro atoms. The molecule has 0 aliphatic rings. The molecular weight excluding hydrogens is 240 g/mol. The molecule has 0 aliphatic carbocycles. The van der Waals surface area contributed by atoms with E-state index < -0.39 is 0 Å². The molecule has 0 aliphatic heterocycles. The molecule has 0 saturated carbocycles. The Kier molecular flexibility index (Phi) is 4.22. The summed E-state index contributed by atoms with van der Waals surface area (Å²) in [5, 5.41) is 11.5. The Morgan fingerprint density at radius 1 is 1.32 bits per heavy atom. The van der Waals surface area contributed by atoms with Crippen LogP contribution in [0.1, 0.15) is 13.3 Å². The largest absolute Gasteiger partial charge is 0.496 e. The number of pyridine rings is 1. The van der Waals surface area contributed by atoms with E-state index in [4.69, 9.17) is 4.74 Å². The van der Waals surface area contributed by atoms with Crippen molar-refractivity contribution in [3.63, 3.8) is 0 Å². The highest BCUT2D eigenvalue weighted by Gasteiger charge is 2.10. The van der Waals surface area contributed by atoms with Crippen LogP contribution in [0.5, 0.6) is 5.75 Å². The van der Waals surface area contributed by atoms with Crippen LogP contribution in [0.25, 0.3) is 10.8 Å². The molecule has 2 rings (SSSR count). The topological polar surface area (TPSA) is 45.6 Å². The summed E-state index contributed by atoms with van der Waals surface area (Å²) in [5.41, 5.74) is 0. The highest BCUT2D eigenvalue weighted by molar-refractivity contribution is 5.96. The van der Waals surface area contributed by atoms with Gasteiger partial charge in [-0.2, -0.15) is 0 Å². The maximum atomic E-state index is 9.38. The van der Waals surface area contributed by atoms with Gasteiger partial charge in [0.2, 0.25) is 0 Å². The van der Waals surface area contributed by atoms with Gasteiger partial charge in [-0.05, 0) is 25.5 Å². The van der Waals surface area contributed by atoms with E-state index in [1.54, 1.807) is 20.2 Å². The number of ether oxygens (including phenoxy) is 1. The summed E-state index contributed by atoms with van der Waals surface area (Å²) >= 11 is 0. The van der Waals surface area contributed by atoms with E-state index in [1.165, 1.54) is 0 Å². The summed E-state index contributed by atoms with van der Waals surface area (Å²) in [7, 11) is 3.66. The van der Waals surface area contributed by atoms with Gasteiger partial charge in [0.15, 0.2) is 0 Å². The van der Waals surface area contributed by atoms with E-state index in [0.717, 1.165) is 35.3 Å². The average Bonchev–Trinajstić information content (AvgIpc) is 2.43. The summed E-state index contributed by atoms with van der Waals surface area (Å²) in [4.78, 5) is 6.51. The molecule has 0 radical (unpaired) electrons. The molecule has 1 aromatic carbocycles. The lowest BCUT2D eigenvalue weighted by molar-refractivity contribution is 0.187. The van der Waals surface area contributed by atoms with Gasteiger partial charge in [-0.3, -0.25) is 0 Å². The minimum Gasteiger partial charge on any atom is -0.496 e. The molecule has 0 bridgehead atoms. The van der Waals surface area contributed by atoms with Crippen LogP contribution < -0.4 is 9.64 Å². The van der Waals surface area contributed by atoms with Gasteiger partial charge in [0.05, 0.1) is 13.2 Å². The minimum absolute atomic E-state index is 0.299. The number of hydrogen-bond acceptors (Lipinski definition) is 4. The number of rotatable bonds is 5. The molecule has 102 valence electrons. The van der Waals surface area contributed by atoms with Gasteiger partial charge in [-0.25, -0.2) is 4.98 Å². The molecule has 4 heteroatoms. The normalized spacial score (nSPS) is 12.4. The molecule has 19 heavy (non-hydrogen) atoms. The molecule has 1 heterocycles. The van der Waals surface area contributed by atoms with E-state index in [1.807, 2.05) is 31.3 Å². The summed E-state index contributed by atoms with van der Waals surface area (Å²) in [6.45, 7) is 2.56. The number of nitrogens with zero attached hydrogens (tertiary/aromatic N) is 2. The summed E-state index contributed by atoms with van der Waals surface area (Å²) < 4.78 is 5.37. The third-order valence-corrected chi connectivity index (χ3v) is 3.21. The average molecular weight is 260 g/mol. The van der Waals surface area contributed by atoms with Crippen molar-refractivity contribution in [2.45, 2.75) is 19.4 Å². The first-order valence-electron chi connectivity index (χ1n) is 6.44. The monoisotopic (exact) mass is 260 g/mol. The predicted octanol–water partition coefficient (Wildman–Crippen LogP) is 2.45. The van der Waals surface area contributed by atoms with Crippen LogP contribution in [0.15, 0.2) is 30.5 Å². The Hall–Kier alpha value is -1.81. The first-order chi connectivity index (χ1) is 9.13. The van der Waals surface area contributed by atoms with Crippen molar-refractivity contribution in [1.29, 1.82) is 0 Å². The number of aliphatic hydroxyl groups is 1. The van der Waals surface area contributed by atoms with Crippen LogP contribution in [0.2, 0.25) is 0 Å². The molecule has 1 aromatic heterocycles. The van der Waals surface area contributed by atoms with E-state index >= 15 is 0 Å². The highest BCUT2D eigenvalue weighted by Crippen LogP contribution is 2.30. The molecule has 0 saturated heterocycles. The van der Waals surface area contributed by atoms with Crippen LogP contribution in [-0.2, 0) is 0 Å². The minimum atomic E-state index is -0.299. The second-order valence-electron chi connectivity index (χ2n) is 4.75. The van der Waals surface area contributed by atoms with Crippen molar-refractivity contribution < 1.29 is 9.84 Å². The van der Waals surface area contributed by atoms with E-state index in [0.29, 0.717) is 0 Å². The zero-order valence-electron chi connectivity index (χ0n) is 11.6. The molecule has 1 unspecified atom stereocenters. The first-order valence-corrected chi connectivity index (χ1v) is 6.44. The fourth-order valence-electron chi connectivity index (χ4n) is 2.13. The second kappa shape index (κ2) is 5.89. The Balaban J connectivity index is 2.38. The molecule has 0 fully saturated rings. The molecular formula is C15H20N2O2. The fraction of sp³-hybridized carbons (Fsp3) is 0.400. The summed E-state index contributed by atoms with van der Waals surface area (Å²) in [6.07, 6.45) is 2.21. The van der Waals surface area contributed by atoms with Crippen molar-refractivity contribution in [2.75, 3.05) is 25.6 Å². The van der Waals surface area contributed by atoms with E-state index in [2.05, 4.69) is 9.88 Å². The smallest absolute Gasteiger partial charge is 0.136 e. The van der Waals surface area contributed by atoms with Crippen LogP contribution in [0.3, 0.4) is 0 Å². The van der Waals surface area contributed by atoms with Gasteiger partial charge < -0.3 is 14.7 Å². The molecule has 2 aromatic rings. The van der Waals surface area contributed by atoms with Gasteiger partial charge in [0.25, 0.3) is 0 Å². The molecule has 1 N–H and O–H groups in total. The Morgan fingerprint density at radius 3 is 2.79 bits per heavy atom. The quantitative estimate of drug-likeness (QED) is 0.897. The number of aromatic nitrogens is 1. The predicted molar refractivity (Wildman–Crippen MR) is 77.9 cm³/mol. The fourth-order valence-corrected chi connectivity index (χ4v) is 2.13. The third kappa shape index (κ3) is 2.96. The van der Waals surface area contributed by atoms with Crippen molar-refractivity contribution >= 4 is 16.6 Å². The van der Waals surface area contributed by atoms with Crippen molar-refractivity contribution in [2.24, 2.45) is 0 Å². The zero-order valence-corrected chi connectivity index (χ0v) is 11.6.